The maximum absolute atomic E-state index is 12.5. The second-order valence-corrected chi connectivity index (χ2v) is 7.66. The van der Waals surface area contributed by atoms with Crippen molar-refractivity contribution in [3.63, 3.8) is 0 Å². The van der Waals surface area contributed by atoms with Gasteiger partial charge in [0.05, 0.1) is 34.4 Å². The third kappa shape index (κ3) is 3.33. The monoisotopic (exact) mass is 446 g/mol. The zero-order valence-electron chi connectivity index (χ0n) is 18.3. The molecule has 4 rings (SSSR count). The SMILES string of the molecule is COc1cc([C@@H]2c3c(cc4c(c3OC)OCO4)C[C@@H](CO)[C@@H]2C(=O)O)cc(OC)c1OC. The first-order valence-corrected chi connectivity index (χ1v) is 10.1. The van der Waals surface area contributed by atoms with Crippen molar-refractivity contribution >= 4 is 5.97 Å². The molecule has 0 radical (unpaired) electrons. The lowest BCUT2D eigenvalue weighted by Gasteiger charge is -2.38. The molecule has 1 aliphatic heterocycles. The normalized spacial score (nSPS) is 21.0. The molecular formula is C23H26O9. The van der Waals surface area contributed by atoms with E-state index in [-0.39, 0.29) is 13.4 Å². The van der Waals surface area contributed by atoms with Crippen LogP contribution in [0.3, 0.4) is 0 Å². The van der Waals surface area contributed by atoms with E-state index in [1.165, 1.54) is 28.4 Å². The molecule has 1 aliphatic carbocycles. The van der Waals surface area contributed by atoms with Crippen molar-refractivity contribution in [1.29, 1.82) is 0 Å². The Balaban J connectivity index is 2.02. The molecule has 32 heavy (non-hydrogen) atoms. The van der Waals surface area contributed by atoms with E-state index in [1.807, 2.05) is 6.07 Å². The van der Waals surface area contributed by atoms with Gasteiger partial charge in [-0.2, -0.15) is 0 Å². The van der Waals surface area contributed by atoms with E-state index in [9.17, 15) is 15.0 Å². The summed E-state index contributed by atoms with van der Waals surface area (Å²) < 4.78 is 33.3. The number of carbonyl (C=O) groups is 1. The van der Waals surface area contributed by atoms with E-state index >= 15 is 0 Å². The maximum atomic E-state index is 12.5. The van der Waals surface area contributed by atoms with Crippen molar-refractivity contribution in [3.8, 4) is 34.5 Å². The van der Waals surface area contributed by atoms with Crippen LogP contribution in [0.25, 0.3) is 0 Å². The van der Waals surface area contributed by atoms with Gasteiger partial charge in [0.1, 0.15) is 0 Å². The van der Waals surface area contributed by atoms with Gasteiger partial charge in [0.25, 0.3) is 0 Å². The Hall–Kier alpha value is -3.33. The fourth-order valence-electron chi connectivity index (χ4n) is 4.83. The lowest BCUT2D eigenvalue weighted by molar-refractivity contribution is -0.145. The van der Waals surface area contributed by atoms with Crippen LogP contribution < -0.4 is 28.4 Å². The third-order valence-corrected chi connectivity index (χ3v) is 6.17. The molecule has 0 fully saturated rings. The van der Waals surface area contributed by atoms with Crippen LogP contribution in [0.2, 0.25) is 0 Å². The molecule has 2 aliphatic rings. The number of benzene rings is 2. The van der Waals surface area contributed by atoms with Crippen LogP contribution in [0.15, 0.2) is 18.2 Å². The van der Waals surface area contributed by atoms with Gasteiger partial charge in [-0.25, -0.2) is 0 Å². The summed E-state index contributed by atoms with van der Waals surface area (Å²) in [6.45, 7) is -0.233. The van der Waals surface area contributed by atoms with Gasteiger partial charge in [0.15, 0.2) is 23.0 Å². The Morgan fingerprint density at radius 1 is 1.00 bits per heavy atom. The van der Waals surface area contributed by atoms with Crippen molar-refractivity contribution in [2.45, 2.75) is 12.3 Å². The van der Waals surface area contributed by atoms with Crippen LogP contribution >= 0.6 is 0 Å². The molecule has 1 heterocycles. The van der Waals surface area contributed by atoms with E-state index in [0.29, 0.717) is 52.0 Å². The number of rotatable bonds is 7. The average Bonchev–Trinajstić information content (AvgIpc) is 3.28. The van der Waals surface area contributed by atoms with Crippen LogP contribution in [-0.2, 0) is 11.2 Å². The summed E-state index contributed by atoms with van der Waals surface area (Å²) in [4.78, 5) is 12.5. The van der Waals surface area contributed by atoms with Crippen molar-refractivity contribution in [3.05, 3.63) is 34.9 Å². The standard InChI is InChI=1S/C23H26O9/c1-27-14-6-12(7-15(28-2)20(14)29-3)17-18-11(5-13(9-24)19(17)23(25)26)8-16-21(22(18)30-4)32-10-31-16/h6-8,13,17,19,24H,5,9-10H2,1-4H3,(H,25,26)/t13-,17+,19-/m0/s1. The van der Waals surface area contributed by atoms with Gasteiger partial charge in [-0.1, -0.05) is 0 Å². The summed E-state index contributed by atoms with van der Waals surface area (Å²) in [7, 11) is 6.01. The minimum atomic E-state index is -1.02. The van der Waals surface area contributed by atoms with E-state index in [1.54, 1.807) is 12.1 Å². The fraction of sp³-hybridized carbons (Fsp3) is 0.435. The lowest BCUT2D eigenvalue weighted by Crippen LogP contribution is -2.38. The Bertz CT molecular complexity index is 1010. The number of methoxy groups -OCH3 is 4. The highest BCUT2D eigenvalue weighted by Gasteiger charge is 2.45. The van der Waals surface area contributed by atoms with E-state index in [0.717, 1.165) is 5.56 Å². The Kier molecular flexibility index (Phi) is 5.92. The number of carboxylic acids is 1. The summed E-state index contributed by atoms with van der Waals surface area (Å²) in [6, 6.07) is 5.30. The molecule has 2 aromatic rings. The molecule has 9 nitrogen and oxygen atoms in total. The second kappa shape index (κ2) is 8.66. The minimum absolute atomic E-state index is 0.0508. The summed E-state index contributed by atoms with van der Waals surface area (Å²) in [5, 5.41) is 20.3. The number of fused-ring (bicyclic) bond motifs is 2. The maximum Gasteiger partial charge on any atom is 0.307 e. The number of aliphatic hydroxyl groups is 1. The van der Waals surface area contributed by atoms with E-state index < -0.39 is 23.7 Å². The molecule has 0 saturated carbocycles. The van der Waals surface area contributed by atoms with Crippen LogP contribution in [0.1, 0.15) is 22.6 Å². The van der Waals surface area contributed by atoms with Gasteiger partial charge >= 0.3 is 5.97 Å². The lowest BCUT2D eigenvalue weighted by atomic mass is 9.66. The van der Waals surface area contributed by atoms with Crippen LogP contribution in [-0.4, -0.2) is 58.0 Å². The highest BCUT2D eigenvalue weighted by Crippen LogP contribution is 2.55. The summed E-state index contributed by atoms with van der Waals surface area (Å²) in [5.41, 5.74) is 2.15. The predicted octanol–water partition coefficient (Wildman–Crippen LogP) is 2.45. The zero-order chi connectivity index (χ0) is 23.0. The Morgan fingerprint density at radius 2 is 1.66 bits per heavy atom. The third-order valence-electron chi connectivity index (χ3n) is 6.17. The van der Waals surface area contributed by atoms with Gasteiger partial charge in [-0.3, -0.25) is 4.79 Å². The number of aliphatic hydroxyl groups excluding tert-OH is 1. The van der Waals surface area contributed by atoms with Gasteiger partial charge in [-0.15, -0.1) is 0 Å². The van der Waals surface area contributed by atoms with E-state index in [4.69, 9.17) is 28.4 Å². The van der Waals surface area contributed by atoms with Crippen LogP contribution in [0.5, 0.6) is 34.5 Å². The molecule has 3 atom stereocenters. The minimum Gasteiger partial charge on any atom is -0.493 e. The molecule has 2 aromatic carbocycles. The smallest absolute Gasteiger partial charge is 0.307 e. The van der Waals surface area contributed by atoms with E-state index in [2.05, 4.69) is 0 Å². The first-order chi connectivity index (χ1) is 15.5. The second-order valence-electron chi connectivity index (χ2n) is 7.66. The van der Waals surface area contributed by atoms with Crippen molar-refractivity contribution in [2.75, 3.05) is 41.8 Å². The van der Waals surface area contributed by atoms with Crippen molar-refractivity contribution in [2.24, 2.45) is 11.8 Å². The van der Waals surface area contributed by atoms with Crippen molar-refractivity contribution in [1.82, 2.24) is 0 Å². The molecule has 9 heteroatoms. The summed E-state index contributed by atoms with van der Waals surface area (Å²) in [6.07, 6.45) is 0.358. The number of hydrogen-bond donors (Lipinski definition) is 2. The molecule has 0 bridgehead atoms. The molecule has 0 aromatic heterocycles. The summed E-state index contributed by atoms with van der Waals surface area (Å²) in [5.74, 6) is -0.533. The molecule has 0 saturated heterocycles. The highest BCUT2D eigenvalue weighted by molar-refractivity contribution is 5.76. The quantitative estimate of drug-likeness (QED) is 0.662. The Morgan fingerprint density at radius 3 is 2.19 bits per heavy atom. The molecular weight excluding hydrogens is 420 g/mol. The zero-order valence-corrected chi connectivity index (χ0v) is 18.3. The molecule has 0 spiro atoms. The van der Waals surface area contributed by atoms with Crippen LogP contribution in [0.4, 0.5) is 0 Å². The largest absolute Gasteiger partial charge is 0.493 e. The van der Waals surface area contributed by atoms with Gasteiger partial charge in [0, 0.05) is 24.0 Å². The van der Waals surface area contributed by atoms with Crippen molar-refractivity contribution < 1.29 is 43.4 Å². The van der Waals surface area contributed by atoms with Gasteiger partial charge < -0.3 is 38.6 Å². The molecule has 0 unspecified atom stereocenters. The van der Waals surface area contributed by atoms with Gasteiger partial charge in [0.2, 0.25) is 18.3 Å². The number of hydrogen-bond acceptors (Lipinski definition) is 8. The first-order valence-electron chi connectivity index (χ1n) is 10.1. The summed E-state index contributed by atoms with van der Waals surface area (Å²) >= 11 is 0. The topological polar surface area (TPSA) is 113 Å². The highest BCUT2D eigenvalue weighted by atomic mass is 16.7. The molecule has 0 amide bonds. The number of ether oxygens (including phenoxy) is 6. The molecule has 2 N–H and O–H groups in total. The Labute approximate surface area is 185 Å². The fourth-order valence-corrected chi connectivity index (χ4v) is 4.83. The number of carboxylic acid groups (broad SMARTS) is 1. The van der Waals surface area contributed by atoms with Crippen LogP contribution in [0, 0.1) is 11.8 Å². The van der Waals surface area contributed by atoms with Gasteiger partial charge in [-0.05, 0) is 35.7 Å². The molecule has 172 valence electrons. The first kappa shape index (κ1) is 21.9. The predicted molar refractivity (Wildman–Crippen MR) is 112 cm³/mol. The number of aliphatic carboxylic acids is 1. The average molecular weight is 446 g/mol.